The van der Waals surface area contributed by atoms with Crippen LogP contribution >= 0.6 is 11.6 Å². The van der Waals surface area contributed by atoms with Crippen LogP contribution in [0, 0.1) is 0 Å². The summed E-state index contributed by atoms with van der Waals surface area (Å²) in [6, 6.07) is 0. The Balaban J connectivity index is 2.66. The predicted octanol–water partition coefficient (Wildman–Crippen LogP) is 1.14. The smallest absolute Gasteiger partial charge is 0.326 e. The highest BCUT2D eigenvalue weighted by Gasteiger charge is 2.15. The van der Waals surface area contributed by atoms with E-state index in [1.54, 1.807) is 6.08 Å². The van der Waals surface area contributed by atoms with Crippen molar-refractivity contribution in [2.45, 2.75) is 6.42 Å². The number of halogens is 2. The lowest BCUT2D eigenvalue weighted by atomic mass is 9.98. The molecule has 5 heteroatoms. The molecule has 1 rings (SSSR count). The number of nitrogens with one attached hydrogen (secondary N) is 1. The van der Waals surface area contributed by atoms with Gasteiger partial charge in [0.1, 0.15) is 12.9 Å². The number of alkyl halides is 1. The molecule has 0 saturated carbocycles. The Bertz CT molecular complexity index is 252. The van der Waals surface area contributed by atoms with Gasteiger partial charge >= 0.3 is 7.41 Å². The van der Waals surface area contributed by atoms with Crippen LogP contribution in [0.5, 0.6) is 0 Å². The summed E-state index contributed by atoms with van der Waals surface area (Å²) in [6.45, 7) is -0.540. The minimum atomic E-state index is -0.540. The van der Waals surface area contributed by atoms with Crippen molar-refractivity contribution in [3.8, 4) is 0 Å². The Morgan fingerprint density at radius 2 is 2.58 bits per heavy atom. The Labute approximate surface area is 75.7 Å². The molecule has 0 amide bonds. The maximum Gasteiger partial charge on any atom is 0.326 e. The van der Waals surface area contributed by atoms with Crippen molar-refractivity contribution >= 4 is 25.2 Å². The van der Waals surface area contributed by atoms with Crippen molar-refractivity contribution in [2.24, 2.45) is 0 Å². The normalized spacial score (nSPS) is 16.0. The topological polar surface area (TPSA) is 29.1 Å². The number of hydrogen-bond donors (Lipinski definition) is 1. The standard InChI is InChI=1S/C7H7BClFNO/c9-6-2-1-5(3-10)7(6)11-8-4-12/h2,4,11H,1,3H2. The van der Waals surface area contributed by atoms with E-state index in [0.29, 0.717) is 28.9 Å². The number of allylic oxidation sites excluding steroid dienone is 3. The summed E-state index contributed by atoms with van der Waals surface area (Å²) >= 11 is 5.73. The lowest BCUT2D eigenvalue weighted by Crippen LogP contribution is -2.20. The molecule has 1 aliphatic carbocycles. The molecule has 0 aromatic heterocycles. The molecule has 1 N–H and O–H groups in total. The minimum absolute atomic E-state index is 0.473. The fraction of sp³-hybridized carbons (Fsp3) is 0.286. The fourth-order valence-electron chi connectivity index (χ4n) is 0.996. The Kier molecular flexibility index (Phi) is 3.35. The fourth-order valence-corrected chi connectivity index (χ4v) is 1.26. The van der Waals surface area contributed by atoms with E-state index in [1.165, 1.54) is 7.41 Å². The third-order valence-electron chi connectivity index (χ3n) is 1.58. The van der Waals surface area contributed by atoms with Crippen LogP contribution in [-0.4, -0.2) is 20.3 Å². The summed E-state index contributed by atoms with van der Waals surface area (Å²) in [5, 5.41) is 3.10. The molecule has 0 fully saturated rings. The molecule has 1 aliphatic rings. The summed E-state index contributed by atoms with van der Waals surface area (Å²) in [6.07, 6.45) is 2.81. The molecule has 63 valence electrons. The first-order valence-electron chi connectivity index (χ1n) is 3.47. The van der Waals surface area contributed by atoms with Crippen molar-refractivity contribution in [3.63, 3.8) is 0 Å². The van der Waals surface area contributed by atoms with E-state index in [1.807, 2.05) is 0 Å². The second-order valence-electron chi connectivity index (χ2n) is 2.32. The van der Waals surface area contributed by atoms with E-state index in [0.717, 1.165) is 0 Å². The summed E-state index contributed by atoms with van der Waals surface area (Å²) in [5.41, 5.74) is 1.10. The van der Waals surface area contributed by atoms with Crippen LogP contribution in [-0.2, 0) is 4.79 Å². The van der Waals surface area contributed by atoms with Gasteiger partial charge in [-0.1, -0.05) is 17.7 Å². The first kappa shape index (κ1) is 9.32. The monoisotopic (exact) mass is 186 g/mol. The second-order valence-corrected chi connectivity index (χ2v) is 2.72. The Morgan fingerprint density at radius 1 is 1.83 bits per heavy atom. The first-order valence-corrected chi connectivity index (χ1v) is 3.85. The zero-order valence-electron chi connectivity index (χ0n) is 6.31. The van der Waals surface area contributed by atoms with Crippen LogP contribution in [0.25, 0.3) is 0 Å². The zero-order valence-corrected chi connectivity index (χ0v) is 7.07. The molecular weight excluding hydrogens is 179 g/mol. The third kappa shape index (κ3) is 1.88. The number of hydrogen-bond acceptors (Lipinski definition) is 2. The lowest BCUT2D eigenvalue weighted by Gasteiger charge is -2.05. The van der Waals surface area contributed by atoms with Gasteiger partial charge in [-0.3, -0.25) is 0 Å². The van der Waals surface area contributed by atoms with Crippen LogP contribution in [0.15, 0.2) is 22.4 Å². The van der Waals surface area contributed by atoms with Crippen LogP contribution in [0.2, 0.25) is 0 Å². The van der Waals surface area contributed by atoms with Crippen LogP contribution < -0.4 is 5.23 Å². The molecule has 0 bridgehead atoms. The van der Waals surface area contributed by atoms with Gasteiger partial charge in [-0.2, -0.15) is 0 Å². The Morgan fingerprint density at radius 3 is 3.17 bits per heavy atom. The van der Waals surface area contributed by atoms with Gasteiger partial charge < -0.3 is 10.0 Å². The second kappa shape index (κ2) is 4.31. The summed E-state index contributed by atoms with van der Waals surface area (Å²) in [4.78, 5) is 9.97. The quantitative estimate of drug-likeness (QED) is 0.527. The molecule has 0 aromatic carbocycles. The maximum absolute atomic E-state index is 12.3. The SMILES string of the molecule is O=C[B]NC1=C(CF)CC=C1Cl. The molecule has 12 heavy (non-hydrogen) atoms. The molecule has 0 unspecified atom stereocenters. The molecule has 0 atom stereocenters. The van der Waals surface area contributed by atoms with Crippen LogP contribution in [0.3, 0.4) is 0 Å². The lowest BCUT2D eigenvalue weighted by molar-refractivity contribution is 0.536. The van der Waals surface area contributed by atoms with Crippen molar-refractivity contribution in [2.75, 3.05) is 6.67 Å². The zero-order chi connectivity index (χ0) is 8.97. The molecular formula is C7H7BClFNO. The average molecular weight is 186 g/mol. The largest absolute Gasteiger partial charge is 0.424 e. The van der Waals surface area contributed by atoms with E-state index in [-0.39, 0.29) is 0 Å². The van der Waals surface area contributed by atoms with E-state index < -0.39 is 6.67 Å². The first-order chi connectivity index (χ1) is 5.79. The molecule has 0 spiro atoms. The van der Waals surface area contributed by atoms with Gasteiger partial charge in [-0.05, 0) is 12.0 Å². The molecule has 0 heterocycles. The van der Waals surface area contributed by atoms with Gasteiger partial charge in [0.15, 0.2) is 0 Å². The van der Waals surface area contributed by atoms with Gasteiger partial charge in [0.25, 0.3) is 0 Å². The van der Waals surface area contributed by atoms with Crippen molar-refractivity contribution < 1.29 is 9.18 Å². The summed E-state index contributed by atoms with van der Waals surface area (Å²) in [7, 11) is 1.19. The highest BCUT2D eigenvalue weighted by Crippen LogP contribution is 2.26. The van der Waals surface area contributed by atoms with Crippen LogP contribution in [0.1, 0.15) is 6.42 Å². The maximum atomic E-state index is 12.3. The highest BCUT2D eigenvalue weighted by molar-refractivity contribution is 6.65. The molecule has 2 nitrogen and oxygen atoms in total. The van der Waals surface area contributed by atoms with Crippen molar-refractivity contribution in [3.05, 3.63) is 22.4 Å². The predicted molar refractivity (Wildman–Crippen MR) is 47.2 cm³/mol. The van der Waals surface area contributed by atoms with Gasteiger partial charge in [0.05, 0.1) is 5.03 Å². The number of rotatable bonds is 4. The van der Waals surface area contributed by atoms with Crippen molar-refractivity contribution in [1.29, 1.82) is 0 Å². The summed E-state index contributed by atoms with van der Waals surface area (Å²) < 4.78 is 12.3. The molecule has 0 aliphatic heterocycles. The summed E-state index contributed by atoms with van der Waals surface area (Å²) in [5.74, 6) is 0. The number of carbonyl (C=O) groups excluding carboxylic acids is 1. The minimum Gasteiger partial charge on any atom is -0.424 e. The molecule has 0 saturated heterocycles. The Hall–Kier alpha value is -0.765. The van der Waals surface area contributed by atoms with Gasteiger partial charge in [0, 0.05) is 5.70 Å². The van der Waals surface area contributed by atoms with Gasteiger partial charge in [0.2, 0.25) is 0 Å². The van der Waals surface area contributed by atoms with E-state index >= 15 is 0 Å². The third-order valence-corrected chi connectivity index (χ3v) is 1.92. The van der Waals surface area contributed by atoms with Gasteiger partial charge in [-0.15, -0.1) is 0 Å². The van der Waals surface area contributed by atoms with E-state index in [4.69, 9.17) is 11.6 Å². The van der Waals surface area contributed by atoms with Crippen LogP contribution in [0.4, 0.5) is 4.39 Å². The van der Waals surface area contributed by atoms with E-state index in [2.05, 4.69) is 5.23 Å². The number of carbonyl (C=O) groups is 1. The molecule has 1 radical (unpaired) electrons. The van der Waals surface area contributed by atoms with Crippen molar-refractivity contribution in [1.82, 2.24) is 5.23 Å². The average Bonchev–Trinajstić information content (AvgIpc) is 2.43. The molecule has 0 aromatic rings. The van der Waals surface area contributed by atoms with E-state index in [9.17, 15) is 9.18 Å². The highest BCUT2D eigenvalue weighted by atomic mass is 35.5. The van der Waals surface area contributed by atoms with Gasteiger partial charge in [-0.25, -0.2) is 4.39 Å².